The quantitative estimate of drug-likeness (QED) is 0.598. The van der Waals surface area contributed by atoms with Crippen molar-refractivity contribution in [2.45, 2.75) is 19.8 Å². The van der Waals surface area contributed by atoms with E-state index >= 15 is 0 Å². The number of fused-ring (bicyclic) bond motifs is 2. The van der Waals surface area contributed by atoms with Crippen LogP contribution in [0.5, 0.6) is 5.75 Å². The standard InChI is InChI=1S/C19H16N2O3/c1-11(2)14-7-15(18-16(17(14)22)8-20-24-18)19(23)21-9-12-5-3-4-6-13(12)10-21/h3-11,22H,1-2H3. The average molecular weight is 320 g/mol. The van der Waals surface area contributed by atoms with Crippen molar-refractivity contribution in [1.82, 2.24) is 9.72 Å². The second-order valence-corrected chi connectivity index (χ2v) is 6.18. The minimum atomic E-state index is -0.213. The summed E-state index contributed by atoms with van der Waals surface area (Å²) in [6.07, 6.45) is 5.03. The highest BCUT2D eigenvalue weighted by molar-refractivity contribution is 6.08. The second kappa shape index (κ2) is 5.23. The van der Waals surface area contributed by atoms with Crippen molar-refractivity contribution in [3.8, 4) is 5.75 Å². The van der Waals surface area contributed by atoms with Gasteiger partial charge in [0.25, 0.3) is 5.91 Å². The van der Waals surface area contributed by atoms with E-state index in [0.29, 0.717) is 22.1 Å². The van der Waals surface area contributed by atoms with Crippen LogP contribution in [0.25, 0.3) is 21.7 Å². The lowest BCUT2D eigenvalue weighted by atomic mass is 9.97. The third-order valence-corrected chi connectivity index (χ3v) is 4.28. The molecule has 0 atom stereocenters. The van der Waals surface area contributed by atoms with Crippen LogP contribution >= 0.6 is 0 Å². The first-order chi connectivity index (χ1) is 11.6. The number of aromatic nitrogens is 2. The highest BCUT2D eigenvalue weighted by Gasteiger charge is 2.22. The Bertz CT molecular complexity index is 1040. The zero-order valence-corrected chi connectivity index (χ0v) is 13.4. The predicted molar refractivity (Wildman–Crippen MR) is 91.4 cm³/mol. The van der Waals surface area contributed by atoms with Crippen molar-refractivity contribution in [3.63, 3.8) is 0 Å². The summed E-state index contributed by atoms with van der Waals surface area (Å²) in [5.74, 6) is -0.0232. The minimum Gasteiger partial charge on any atom is -0.507 e. The van der Waals surface area contributed by atoms with Crippen LogP contribution in [-0.4, -0.2) is 20.7 Å². The highest BCUT2D eigenvalue weighted by atomic mass is 16.5. The van der Waals surface area contributed by atoms with Crippen molar-refractivity contribution in [2.75, 3.05) is 0 Å². The van der Waals surface area contributed by atoms with Gasteiger partial charge in [-0.15, -0.1) is 0 Å². The SMILES string of the molecule is CC(C)c1cc(C(=O)n2cc3ccccc3c2)c2oncc2c1O. The zero-order valence-electron chi connectivity index (χ0n) is 13.4. The molecule has 0 aliphatic rings. The minimum absolute atomic E-state index is 0.0691. The van der Waals surface area contributed by atoms with Gasteiger partial charge in [0.05, 0.1) is 17.1 Å². The number of nitrogens with zero attached hydrogens (tertiary/aromatic N) is 2. The van der Waals surface area contributed by atoms with Crippen LogP contribution < -0.4 is 0 Å². The number of hydrogen-bond acceptors (Lipinski definition) is 4. The molecular weight excluding hydrogens is 304 g/mol. The number of aromatic hydroxyl groups is 1. The van der Waals surface area contributed by atoms with Gasteiger partial charge in [0.1, 0.15) is 5.75 Å². The van der Waals surface area contributed by atoms with Crippen molar-refractivity contribution in [2.24, 2.45) is 0 Å². The first-order valence-corrected chi connectivity index (χ1v) is 7.78. The Balaban J connectivity index is 1.93. The van der Waals surface area contributed by atoms with Crippen LogP contribution in [0.1, 0.15) is 35.7 Å². The van der Waals surface area contributed by atoms with E-state index in [0.717, 1.165) is 10.8 Å². The molecule has 2 aromatic carbocycles. The van der Waals surface area contributed by atoms with Crippen LogP contribution in [0.15, 0.2) is 53.4 Å². The zero-order chi connectivity index (χ0) is 16.8. The first-order valence-electron chi connectivity index (χ1n) is 7.78. The molecule has 4 rings (SSSR count). The molecule has 0 radical (unpaired) electrons. The lowest BCUT2D eigenvalue weighted by Crippen LogP contribution is -2.10. The van der Waals surface area contributed by atoms with Gasteiger partial charge in [-0.2, -0.15) is 0 Å². The maximum atomic E-state index is 13.0. The van der Waals surface area contributed by atoms with E-state index in [1.165, 1.54) is 6.20 Å². The molecule has 0 unspecified atom stereocenters. The number of phenolic OH excluding ortho intramolecular Hbond substituents is 1. The van der Waals surface area contributed by atoms with Gasteiger partial charge in [0, 0.05) is 12.4 Å². The topological polar surface area (TPSA) is 68.3 Å². The number of phenols is 1. The fourth-order valence-electron chi connectivity index (χ4n) is 2.99. The lowest BCUT2D eigenvalue weighted by molar-refractivity contribution is 0.0961. The van der Waals surface area contributed by atoms with E-state index in [-0.39, 0.29) is 17.6 Å². The molecule has 0 spiro atoms. The normalized spacial score (nSPS) is 11.6. The summed E-state index contributed by atoms with van der Waals surface area (Å²) >= 11 is 0. The summed E-state index contributed by atoms with van der Waals surface area (Å²) in [6, 6.07) is 9.48. The maximum Gasteiger partial charge on any atom is 0.265 e. The molecule has 0 aliphatic carbocycles. The molecule has 0 saturated heterocycles. The summed E-state index contributed by atoms with van der Waals surface area (Å²) in [5, 5.41) is 16.6. The Kier molecular flexibility index (Phi) is 3.16. The molecule has 1 N–H and O–H groups in total. The van der Waals surface area contributed by atoms with E-state index in [9.17, 15) is 9.90 Å². The average Bonchev–Trinajstić information content (AvgIpc) is 3.21. The largest absolute Gasteiger partial charge is 0.507 e. The van der Waals surface area contributed by atoms with Gasteiger partial charge in [-0.3, -0.25) is 9.36 Å². The van der Waals surface area contributed by atoms with E-state index in [1.54, 1.807) is 23.0 Å². The van der Waals surface area contributed by atoms with E-state index in [1.807, 2.05) is 38.1 Å². The molecule has 2 heterocycles. The van der Waals surface area contributed by atoms with Crippen LogP contribution in [0.2, 0.25) is 0 Å². The highest BCUT2D eigenvalue weighted by Crippen LogP contribution is 2.36. The number of benzene rings is 2. The van der Waals surface area contributed by atoms with E-state index in [4.69, 9.17) is 4.52 Å². The van der Waals surface area contributed by atoms with Crippen LogP contribution in [0.3, 0.4) is 0 Å². The maximum absolute atomic E-state index is 13.0. The third-order valence-electron chi connectivity index (χ3n) is 4.28. The van der Waals surface area contributed by atoms with Crippen molar-refractivity contribution in [1.29, 1.82) is 0 Å². The Morgan fingerprint density at radius 2 is 1.88 bits per heavy atom. The molecule has 0 fully saturated rings. The molecule has 0 aliphatic heterocycles. The summed E-state index contributed by atoms with van der Waals surface area (Å²) in [7, 11) is 0. The molecule has 0 amide bonds. The van der Waals surface area contributed by atoms with Gasteiger partial charge in [-0.25, -0.2) is 0 Å². The van der Waals surface area contributed by atoms with Gasteiger partial charge in [-0.05, 0) is 28.3 Å². The Hall–Kier alpha value is -3.08. The third kappa shape index (κ3) is 2.09. The van der Waals surface area contributed by atoms with E-state index in [2.05, 4.69) is 5.16 Å². The molecule has 0 bridgehead atoms. The van der Waals surface area contributed by atoms with Gasteiger partial charge in [0.2, 0.25) is 0 Å². The summed E-state index contributed by atoms with van der Waals surface area (Å²) in [6.45, 7) is 3.93. The fraction of sp³-hybridized carbons (Fsp3) is 0.158. The monoisotopic (exact) mass is 320 g/mol. The summed E-state index contributed by atoms with van der Waals surface area (Å²) < 4.78 is 6.78. The Morgan fingerprint density at radius 3 is 2.50 bits per heavy atom. The van der Waals surface area contributed by atoms with Gasteiger partial charge >= 0.3 is 0 Å². The lowest BCUT2D eigenvalue weighted by Gasteiger charge is -2.11. The molecule has 0 saturated carbocycles. The molecule has 5 heteroatoms. The van der Waals surface area contributed by atoms with Gasteiger partial charge in [-0.1, -0.05) is 43.3 Å². The summed E-state index contributed by atoms with van der Waals surface area (Å²) in [5.41, 5.74) is 1.40. The molecule has 24 heavy (non-hydrogen) atoms. The van der Waals surface area contributed by atoms with Gasteiger partial charge in [0.15, 0.2) is 5.58 Å². The van der Waals surface area contributed by atoms with Crippen molar-refractivity contribution >= 4 is 27.6 Å². The smallest absolute Gasteiger partial charge is 0.265 e. The van der Waals surface area contributed by atoms with Crippen molar-refractivity contribution in [3.05, 3.63) is 60.0 Å². The molecular formula is C19H16N2O3. The second-order valence-electron chi connectivity index (χ2n) is 6.18. The summed E-state index contributed by atoms with van der Waals surface area (Å²) in [4.78, 5) is 13.0. The van der Waals surface area contributed by atoms with Crippen molar-refractivity contribution < 1.29 is 14.4 Å². The number of carbonyl (C=O) groups is 1. The number of carbonyl (C=O) groups excluding carboxylic acids is 1. The molecule has 4 aromatic rings. The fourth-order valence-corrected chi connectivity index (χ4v) is 2.99. The molecule has 2 aromatic heterocycles. The first kappa shape index (κ1) is 14.5. The van der Waals surface area contributed by atoms with E-state index < -0.39 is 0 Å². The number of hydrogen-bond donors (Lipinski definition) is 1. The molecule has 120 valence electrons. The van der Waals surface area contributed by atoms with Crippen LogP contribution in [-0.2, 0) is 0 Å². The predicted octanol–water partition coefficient (Wildman–Crippen LogP) is 4.30. The molecule has 5 nitrogen and oxygen atoms in total. The number of rotatable bonds is 2. The van der Waals surface area contributed by atoms with Gasteiger partial charge < -0.3 is 9.63 Å². The Morgan fingerprint density at radius 1 is 1.21 bits per heavy atom. The van der Waals surface area contributed by atoms with Crippen LogP contribution in [0, 0.1) is 0 Å². The Labute approximate surface area is 138 Å². The van der Waals surface area contributed by atoms with Crippen LogP contribution in [0.4, 0.5) is 0 Å².